The third-order valence-electron chi connectivity index (χ3n) is 3.24. The molecule has 1 aliphatic rings. The van der Waals surface area contributed by atoms with E-state index in [0.29, 0.717) is 30.3 Å². The van der Waals surface area contributed by atoms with Gasteiger partial charge in [-0.25, -0.2) is 4.79 Å². The van der Waals surface area contributed by atoms with Crippen LogP contribution in [0.1, 0.15) is 25.3 Å². The summed E-state index contributed by atoms with van der Waals surface area (Å²) in [5.41, 5.74) is 0.366. The quantitative estimate of drug-likeness (QED) is 0.838. The van der Waals surface area contributed by atoms with Crippen molar-refractivity contribution in [1.29, 1.82) is 5.26 Å². The molecule has 0 amide bonds. The number of nitrogens with zero attached hydrogens (tertiary/aromatic N) is 4. The smallest absolute Gasteiger partial charge is 0.326 e. The molecule has 0 saturated carbocycles. The summed E-state index contributed by atoms with van der Waals surface area (Å²) in [4.78, 5) is 13.0. The largest absolute Gasteiger partial charge is 0.480 e. The number of piperidine rings is 1. The summed E-state index contributed by atoms with van der Waals surface area (Å²) in [7, 11) is 0. The highest BCUT2D eigenvalue weighted by Gasteiger charge is 2.33. The third kappa shape index (κ3) is 2.25. The number of hydrogen-bond acceptors (Lipinski definition) is 5. The van der Waals surface area contributed by atoms with Gasteiger partial charge in [-0.15, -0.1) is 5.10 Å². The van der Waals surface area contributed by atoms with Gasteiger partial charge in [-0.05, 0) is 24.8 Å². The first-order valence-electron chi connectivity index (χ1n) is 5.84. The lowest BCUT2D eigenvalue weighted by Crippen LogP contribution is -2.47. The van der Waals surface area contributed by atoms with Crippen molar-refractivity contribution >= 4 is 11.8 Å². The number of carboxylic acids is 1. The summed E-state index contributed by atoms with van der Waals surface area (Å²) in [5, 5.41) is 26.0. The number of carbonyl (C=O) groups is 1. The van der Waals surface area contributed by atoms with E-state index in [1.165, 1.54) is 6.20 Å². The number of anilines is 1. The molecule has 6 heteroatoms. The Morgan fingerprint density at radius 3 is 3.11 bits per heavy atom. The van der Waals surface area contributed by atoms with Crippen molar-refractivity contribution in [3.63, 3.8) is 0 Å². The molecule has 1 saturated heterocycles. The number of hydrogen-bond donors (Lipinski definition) is 1. The molecule has 0 aromatic carbocycles. The van der Waals surface area contributed by atoms with Crippen LogP contribution in [-0.4, -0.2) is 33.9 Å². The van der Waals surface area contributed by atoms with E-state index in [0.717, 1.165) is 6.42 Å². The Morgan fingerprint density at radius 2 is 2.44 bits per heavy atom. The summed E-state index contributed by atoms with van der Waals surface area (Å²) in [6, 6.07) is 2.95. The van der Waals surface area contributed by atoms with Gasteiger partial charge >= 0.3 is 5.97 Å². The first kappa shape index (κ1) is 12.3. The highest BCUT2D eigenvalue weighted by atomic mass is 16.4. The van der Waals surface area contributed by atoms with Crippen LogP contribution in [0.25, 0.3) is 0 Å². The van der Waals surface area contributed by atoms with Crippen molar-refractivity contribution in [2.45, 2.75) is 25.8 Å². The molecular formula is C12H14N4O2. The molecule has 1 aromatic heterocycles. The van der Waals surface area contributed by atoms with E-state index in [-0.39, 0.29) is 0 Å². The molecule has 2 rings (SSSR count). The van der Waals surface area contributed by atoms with Gasteiger partial charge in [0, 0.05) is 6.54 Å². The first-order chi connectivity index (χ1) is 8.63. The molecule has 1 N–H and O–H groups in total. The molecule has 1 aliphatic heterocycles. The average Bonchev–Trinajstić information content (AvgIpc) is 2.38. The van der Waals surface area contributed by atoms with Crippen LogP contribution >= 0.6 is 0 Å². The van der Waals surface area contributed by atoms with Gasteiger partial charge in [-0.2, -0.15) is 10.4 Å². The molecular weight excluding hydrogens is 232 g/mol. The van der Waals surface area contributed by atoms with Gasteiger partial charge < -0.3 is 10.0 Å². The fourth-order valence-corrected chi connectivity index (χ4v) is 2.25. The zero-order valence-corrected chi connectivity index (χ0v) is 10.1. The number of aromatic nitrogens is 2. The lowest BCUT2D eigenvalue weighted by Gasteiger charge is -2.36. The molecule has 18 heavy (non-hydrogen) atoms. The molecule has 94 valence electrons. The molecule has 1 fully saturated rings. The van der Waals surface area contributed by atoms with Crippen LogP contribution in [0.15, 0.2) is 12.3 Å². The van der Waals surface area contributed by atoms with Crippen LogP contribution in [0, 0.1) is 17.2 Å². The van der Waals surface area contributed by atoms with Crippen LogP contribution in [0.5, 0.6) is 0 Å². The maximum Gasteiger partial charge on any atom is 0.326 e. The lowest BCUT2D eigenvalue weighted by atomic mass is 9.92. The molecule has 0 spiro atoms. The highest BCUT2D eigenvalue weighted by molar-refractivity contribution is 5.78. The fourth-order valence-electron chi connectivity index (χ4n) is 2.25. The Hall–Kier alpha value is -2.16. The molecule has 0 aliphatic carbocycles. The Kier molecular flexibility index (Phi) is 3.42. The monoisotopic (exact) mass is 246 g/mol. The van der Waals surface area contributed by atoms with Gasteiger partial charge in [-0.1, -0.05) is 6.92 Å². The average molecular weight is 246 g/mol. The van der Waals surface area contributed by atoms with Crippen molar-refractivity contribution in [3.05, 3.63) is 17.8 Å². The van der Waals surface area contributed by atoms with Gasteiger partial charge in [-0.3, -0.25) is 0 Å². The maximum absolute atomic E-state index is 11.3. The number of aliphatic carboxylic acids is 1. The Balaban J connectivity index is 2.36. The highest BCUT2D eigenvalue weighted by Crippen LogP contribution is 2.28. The molecule has 0 bridgehead atoms. The summed E-state index contributed by atoms with van der Waals surface area (Å²) < 4.78 is 0. The van der Waals surface area contributed by atoms with Gasteiger partial charge in [0.15, 0.2) is 5.82 Å². The summed E-state index contributed by atoms with van der Waals surface area (Å²) in [5.74, 6) is -0.139. The SMILES string of the molecule is CC1CCN(c2nnccc2C#N)C(C(=O)O)C1. The second-order valence-electron chi connectivity index (χ2n) is 4.56. The topological polar surface area (TPSA) is 90.1 Å². The zero-order valence-electron chi connectivity index (χ0n) is 10.1. The summed E-state index contributed by atoms with van der Waals surface area (Å²) in [6.07, 6.45) is 2.90. The number of nitriles is 1. The van der Waals surface area contributed by atoms with Gasteiger partial charge in [0.1, 0.15) is 12.1 Å². The second kappa shape index (κ2) is 5.00. The minimum absolute atomic E-state index is 0.365. The van der Waals surface area contributed by atoms with E-state index in [1.54, 1.807) is 11.0 Å². The maximum atomic E-state index is 11.3. The molecule has 2 unspecified atom stereocenters. The molecule has 2 atom stereocenters. The van der Waals surface area contributed by atoms with E-state index < -0.39 is 12.0 Å². The molecule has 0 radical (unpaired) electrons. The third-order valence-corrected chi connectivity index (χ3v) is 3.24. The lowest BCUT2D eigenvalue weighted by molar-refractivity contribution is -0.139. The minimum atomic E-state index is -0.879. The molecule has 6 nitrogen and oxygen atoms in total. The predicted molar refractivity (Wildman–Crippen MR) is 63.9 cm³/mol. The van der Waals surface area contributed by atoms with Gasteiger partial charge in [0.2, 0.25) is 0 Å². The van der Waals surface area contributed by atoms with Crippen molar-refractivity contribution in [1.82, 2.24) is 10.2 Å². The Morgan fingerprint density at radius 1 is 1.67 bits per heavy atom. The van der Waals surface area contributed by atoms with E-state index >= 15 is 0 Å². The molecule has 1 aromatic rings. The van der Waals surface area contributed by atoms with Crippen LogP contribution in [0.4, 0.5) is 5.82 Å². The minimum Gasteiger partial charge on any atom is -0.480 e. The van der Waals surface area contributed by atoms with Crippen LogP contribution in [0.3, 0.4) is 0 Å². The van der Waals surface area contributed by atoms with E-state index in [9.17, 15) is 9.90 Å². The Labute approximate surface area is 105 Å². The van der Waals surface area contributed by atoms with Crippen LogP contribution < -0.4 is 4.90 Å². The number of carboxylic acid groups (broad SMARTS) is 1. The predicted octanol–water partition coefficient (Wildman–Crippen LogP) is 1.04. The summed E-state index contributed by atoms with van der Waals surface area (Å²) >= 11 is 0. The van der Waals surface area contributed by atoms with E-state index in [1.807, 2.05) is 13.0 Å². The van der Waals surface area contributed by atoms with Crippen LogP contribution in [0.2, 0.25) is 0 Å². The van der Waals surface area contributed by atoms with E-state index in [4.69, 9.17) is 5.26 Å². The zero-order chi connectivity index (χ0) is 13.1. The van der Waals surface area contributed by atoms with Gasteiger partial charge in [0.05, 0.1) is 11.8 Å². The van der Waals surface area contributed by atoms with Crippen molar-refractivity contribution < 1.29 is 9.90 Å². The van der Waals surface area contributed by atoms with Gasteiger partial charge in [0.25, 0.3) is 0 Å². The van der Waals surface area contributed by atoms with Crippen LogP contribution in [-0.2, 0) is 4.79 Å². The standard InChI is InChI=1S/C12H14N4O2/c1-8-3-5-16(10(6-8)12(17)18)11-9(7-13)2-4-14-15-11/h2,4,8,10H,3,5-6H2,1H3,(H,17,18). The van der Waals surface area contributed by atoms with Crippen molar-refractivity contribution in [3.8, 4) is 6.07 Å². The first-order valence-corrected chi connectivity index (χ1v) is 5.84. The normalized spacial score (nSPS) is 23.4. The Bertz CT molecular complexity index is 497. The van der Waals surface area contributed by atoms with E-state index in [2.05, 4.69) is 10.2 Å². The second-order valence-corrected chi connectivity index (χ2v) is 4.56. The van der Waals surface area contributed by atoms with Crippen molar-refractivity contribution in [2.75, 3.05) is 11.4 Å². The summed E-state index contributed by atoms with van der Waals surface area (Å²) in [6.45, 7) is 2.63. The number of rotatable bonds is 2. The molecule has 2 heterocycles. The fraction of sp³-hybridized carbons (Fsp3) is 0.500. The van der Waals surface area contributed by atoms with Crippen molar-refractivity contribution in [2.24, 2.45) is 5.92 Å².